The van der Waals surface area contributed by atoms with E-state index in [0.29, 0.717) is 63.7 Å². The zero-order valence-electron chi connectivity index (χ0n) is 19.7. The molecule has 0 spiro atoms. The molecule has 0 unspecified atom stereocenters. The van der Waals surface area contributed by atoms with Gasteiger partial charge in [-0.25, -0.2) is 13.8 Å². The highest BCUT2D eigenvalue weighted by atomic mass is 35.5. The summed E-state index contributed by atoms with van der Waals surface area (Å²) < 4.78 is 47.1. The maximum absolute atomic E-state index is 13.6. The van der Waals surface area contributed by atoms with Gasteiger partial charge in [0.15, 0.2) is 0 Å². The van der Waals surface area contributed by atoms with E-state index in [2.05, 4.69) is 5.32 Å². The standard InChI is InChI=1S/C26H26Cl2F3N3OS/c1-16-23(25(36)32-18-9-11-26(30,31)12-10-18)33-24(21-8-3-17(27)15-22(21)28)34(16)19-4-6-20(7-5-19)35-14-2-13-29/h3-8,15,18H,2,9-14H2,1H3,(H,32,36). The van der Waals surface area contributed by atoms with Gasteiger partial charge in [0.2, 0.25) is 5.92 Å². The third-order valence-corrected chi connectivity index (χ3v) is 7.05. The van der Waals surface area contributed by atoms with Gasteiger partial charge in [-0.05, 0) is 62.2 Å². The lowest BCUT2D eigenvalue weighted by atomic mass is 9.92. The van der Waals surface area contributed by atoms with Crippen LogP contribution in [0, 0.1) is 6.92 Å². The van der Waals surface area contributed by atoms with Crippen molar-refractivity contribution in [2.24, 2.45) is 0 Å². The molecule has 4 nitrogen and oxygen atoms in total. The first-order valence-corrected chi connectivity index (χ1v) is 12.9. The van der Waals surface area contributed by atoms with Gasteiger partial charge in [0.1, 0.15) is 22.3 Å². The van der Waals surface area contributed by atoms with Crippen molar-refractivity contribution in [3.8, 4) is 22.8 Å². The summed E-state index contributed by atoms with van der Waals surface area (Å²) in [6, 6.07) is 12.4. The molecule has 3 aromatic rings. The van der Waals surface area contributed by atoms with E-state index in [1.807, 2.05) is 23.6 Å². The Bertz CT molecular complexity index is 1220. The Balaban J connectivity index is 1.68. The van der Waals surface area contributed by atoms with Crippen LogP contribution in [-0.4, -0.2) is 39.8 Å². The topological polar surface area (TPSA) is 39.1 Å². The molecule has 2 aromatic carbocycles. The molecule has 0 aliphatic heterocycles. The van der Waals surface area contributed by atoms with E-state index < -0.39 is 12.6 Å². The maximum atomic E-state index is 13.6. The predicted octanol–water partition coefficient (Wildman–Crippen LogP) is 7.74. The number of halogens is 5. The van der Waals surface area contributed by atoms with E-state index >= 15 is 0 Å². The average Bonchev–Trinajstić information content (AvgIpc) is 3.18. The van der Waals surface area contributed by atoms with Gasteiger partial charge in [0.05, 0.1) is 24.0 Å². The lowest BCUT2D eigenvalue weighted by Gasteiger charge is -2.29. The minimum atomic E-state index is -2.61. The second-order valence-corrected chi connectivity index (χ2v) is 10.1. The summed E-state index contributed by atoms with van der Waals surface area (Å²) in [5.41, 5.74) is 2.77. The van der Waals surface area contributed by atoms with Gasteiger partial charge >= 0.3 is 0 Å². The Hall–Kier alpha value is -2.29. The molecule has 1 N–H and O–H groups in total. The molecule has 1 aliphatic carbocycles. The van der Waals surface area contributed by atoms with E-state index in [9.17, 15) is 13.2 Å². The van der Waals surface area contributed by atoms with Crippen molar-refractivity contribution in [3.63, 3.8) is 0 Å². The zero-order valence-corrected chi connectivity index (χ0v) is 22.0. The molecule has 1 aromatic heterocycles. The van der Waals surface area contributed by atoms with Crippen molar-refractivity contribution >= 4 is 40.4 Å². The number of hydrogen-bond donors (Lipinski definition) is 1. The van der Waals surface area contributed by atoms with Gasteiger partial charge in [-0.3, -0.25) is 8.96 Å². The third-order valence-electron chi connectivity index (χ3n) is 6.19. The largest absolute Gasteiger partial charge is 0.493 e. The Kier molecular flexibility index (Phi) is 8.48. The molecule has 0 amide bonds. The molecule has 0 bridgehead atoms. The number of alkyl halides is 3. The SMILES string of the molecule is Cc1c(C(=S)NC2CCC(F)(F)CC2)nc(-c2ccc(Cl)cc2Cl)n1-c1ccc(OCCCF)cc1. The van der Waals surface area contributed by atoms with E-state index in [0.717, 1.165) is 11.4 Å². The van der Waals surface area contributed by atoms with Gasteiger partial charge < -0.3 is 10.1 Å². The second-order valence-electron chi connectivity index (χ2n) is 8.82. The summed E-state index contributed by atoms with van der Waals surface area (Å²) in [5, 5.41) is 4.17. The number of ether oxygens (including phenoxy) is 1. The number of thiocarbonyl (C=S) groups is 1. The van der Waals surface area contributed by atoms with Crippen molar-refractivity contribution in [2.75, 3.05) is 13.3 Å². The highest BCUT2D eigenvalue weighted by Crippen LogP contribution is 2.35. The minimum absolute atomic E-state index is 0.134. The fourth-order valence-electron chi connectivity index (χ4n) is 4.26. The number of aromatic nitrogens is 2. The molecule has 1 fully saturated rings. The number of nitrogens with one attached hydrogen (secondary N) is 1. The van der Waals surface area contributed by atoms with Crippen LogP contribution in [0.3, 0.4) is 0 Å². The first-order chi connectivity index (χ1) is 17.2. The molecule has 0 atom stereocenters. The first-order valence-electron chi connectivity index (χ1n) is 11.7. The van der Waals surface area contributed by atoms with E-state index in [-0.39, 0.29) is 18.9 Å². The fourth-order valence-corrected chi connectivity index (χ4v) is 5.11. The molecule has 1 aliphatic rings. The molecule has 0 radical (unpaired) electrons. The molecular formula is C26H26Cl2F3N3OS. The molecule has 192 valence electrons. The van der Waals surface area contributed by atoms with Crippen LogP contribution in [0.4, 0.5) is 13.2 Å². The van der Waals surface area contributed by atoms with Crippen molar-refractivity contribution in [1.82, 2.24) is 14.9 Å². The zero-order chi connectivity index (χ0) is 25.9. The second kappa shape index (κ2) is 11.4. The summed E-state index contributed by atoms with van der Waals surface area (Å²) in [5.74, 6) is -1.42. The third kappa shape index (κ3) is 6.15. The number of imidazole rings is 1. The number of benzene rings is 2. The van der Waals surface area contributed by atoms with Gasteiger partial charge in [0, 0.05) is 41.6 Å². The maximum Gasteiger partial charge on any atom is 0.248 e. The lowest BCUT2D eigenvalue weighted by molar-refractivity contribution is -0.0389. The normalized spacial score (nSPS) is 15.6. The quantitative estimate of drug-likeness (QED) is 0.228. The van der Waals surface area contributed by atoms with Crippen molar-refractivity contribution in [1.29, 1.82) is 0 Å². The summed E-state index contributed by atoms with van der Waals surface area (Å²) in [6.07, 6.45) is 0.686. The number of rotatable bonds is 8. The number of hydrogen-bond acceptors (Lipinski definition) is 3. The van der Waals surface area contributed by atoms with Gasteiger partial charge in [0.25, 0.3) is 0 Å². The van der Waals surface area contributed by atoms with Crippen LogP contribution in [0.1, 0.15) is 43.5 Å². The Labute approximate surface area is 223 Å². The minimum Gasteiger partial charge on any atom is -0.493 e. The van der Waals surface area contributed by atoms with Crippen LogP contribution in [0.5, 0.6) is 5.75 Å². The highest BCUT2D eigenvalue weighted by molar-refractivity contribution is 7.80. The molecular weight excluding hydrogens is 530 g/mol. The molecule has 1 heterocycles. The van der Waals surface area contributed by atoms with Crippen LogP contribution in [0.2, 0.25) is 10.0 Å². The van der Waals surface area contributed by atoms with Crippen molar-refractivity contribution < 1.29 is 17.9 Å². The Morgan fingerprint density at radius 3 is 2.50 bits per heavy atom. The first kappa shape index (κ1) is 26.8. The smallest absolute Gasteiger partial charge is 0.248 e. The van der Waals surface area contributed by atoms with Crippen LogP contribution in [0.15, 0.2) is 42.5 Å². The van der Waals surface area contributed by atoms with Gasteiger partial charge in [-0.2, -0.15) is 0 Å². The van der Waals surface area contributed by atoms with Crippen molar-refractivity contribution in [2.45, 2.75) is 51.0 Å². The highest BCUT2D eigenvalue weighted by Gasteiger charge is 2.35. The predicted molar refractivity (Wildman–Crippen MR) is 142 cm³/mol. The van der Waals surface area contributed by atoms with Crippen molar-refractivity contribution in [3.05, 3.63) is 63.9 Å². The monoisotopic (exact) mass is 555 g/mol. The summed E-state index contributed by atoms with van der Waals surface area (Å²) >= 11 is 18.3. The van der Waals surface area contributed by atoms with Gasteiger partial charge in [-0.1, -0.05) is 35.4 Å². The van der Waals surface area contributed by atoms with Gasteiger partial charge in [-0.15, -0.1) is 0 Å². The van der Waals surface area contributed by atoms with Crippen LogP contribution >= 0.6 is 35.4 Å². The molecule has 10 heteroatoms. The number of nitrogens with zero attached hydrogens (tertiary/aromatic N) is 2. The summed E-state index contributed by atoms with van der Waals surface area (Å²) in [4.78, 5) is 5.24. The summed E-state index contributed by atoms with van der Waals surface area (Å²) in [6.45, 7) is 1.75. The Morgan fingerprint density at radius 1 is 1.17 bits per heavy atom. The Morgan fingerprint density at radius 2 is 1.86 bits per heavy atom. The molecule has 1 saturated carbocycles. The molecule has 36 heavy (non-hydrogen) atoms. The average molecular weight is 556 g/mol. The molecule has 4 rings (SSSR count). The van der Waals surface area contributed by atoms with E-state index in [1.54, 1.807) is 30.3 Å². The lowest BCUT2D eigenvalue weighted by Crippen LogP contribution is -2.40. The fraction of sp³-hybridized carbons (Fsp3) is 0.385. The van der Waals surface area contributed by atoms with E-state index in [4.69, 9.17) is 45.1 Å². The molecule has 0 saturated heterocycles. The van der Waals surface area contributed by atoms with E-state index in [1.165, 1.54) is 0 Å². The van der Waals surface area contributed by atoms with Crippen LogP contribution < -0.4 is 10.1 Å². The van der Waals surface area contributed by atoms with Crippen LogP contribution in [-0.2, 0) is 0 Å². The summed E-state index contributed by atoms with van der Waals surface area (Å²) in [7, 11) is 0. The van der Waals surface area contributed by atoms with Crippen LogP contribution in [0.25, 0.3) is 17.1 Å².